The van der Waals surface area contributed by atoms with Crippen molar-refractivity contribution in [3.63, 3.8) is 0 Å². The zero-order valence-corrected chi connectivity index (χ0v) is 9.72. The molecule has 1 fully saturated rings. The van der Waals surface area contributed by atoms with E-state index in [1.165, 1.54) is 0 Å². The average Bonchev–Trinajstić information content (AvgIpc) is 2.48. The third kappa shape index (κ3) is 1.94. The van der Waals surface area contributed by atoms with E-state index in [0.717, 1.165) is 10.6 Å². The minimum Gasteiger partial charge on any atom is -0.314 e. The van der Waals surface area contributed by atoms with Gasteiger partial charge in [-0.25, -0.2) is 10.9 Å². The Kier molecular flexibility index (Phi) is 3.09. The maximum absolute atomic E-state index is 5.91. The Balaban J connectivity index is 2.23. The fourth-order valence-corrected chi connectivity index (χ4v) is 2.29. The lowest BCUT2D eigenvalue weighted by atomic mass is 10.0. The first-order valence-corrected chi connectivity index (χ1v) is 5.64. The van der Waals surface area contributed by atoms with Crippen molar-refractivity contribution in [3.05, 3.63) is 34.9 Å². The number of hydrogen-bond donors (Lipinski definition) is 3. The van der Waals surface area contributed by atoms with Gasteiger partial charge in [0.05, 0.1) is 17.0 Å². The highest BCUT2D eigenvalue weighted by Crippen LogP contribution is 2.28. The van der Waals surface area contributed by atoms with Crippen molar-refractivity contribution in [2.24, 2.45) is 5.73 Å². The fraction of sp³-hybridized carbons (Fsp3) is 0.333. The van der Waals surface area contributed by atoms with Crippen LogP contribution in [-0.4, -0.2) is 11.0 Å². The van der Waals surface area contributed by atoms with Gasteiger partial charge < -0.3 is 5.73 Å². The van der Waals surface area contributed by atoms with Crippen LogP contribution >= 0.6 is 27.5 Å². The van der Waals surface area contributed by atoms with Crippen LogP contribution in [0.3, 0.4) is 0 Å². The van der Waals surface area contributed by atoms with Gasteiger partial charge in [0.15, 0.2) is 0 Å². The Morgan fingerprint density at radius 2 is 2.14 bits per heavy atom. The molecule has 3 atom stereocenters. The first kappa shape index (κ1) is 10.4. The third-order valence-electron chi connectivity index (χ3n) is 2.27. The summed E-state index contributed by atoms with van der Waals surface area (Å²) in [5.41, 5.74) is 13.0. The molecule has 1 saturated heterocycles. The number of nitrogens with one attached hydrogen (secondary N) is 2. The van der Waals surface area contributed by atoms with Gasteiger partial charge in [0.25, 0.3) is 0 Å². The van der Waals surface area contributed by atoms with Gasteiger partial charge in [0.1, 0.15) is 0 Å². The van der Waals surface area contributed by atoms with Gasteiger partial charge in [-0.15, -0.1) is 0 Å². The Morgan fingerprint density at radius 1 is 1.36 bits per heavy atom. The van der Waals surface area contributed by atoms with Gasteiger partial charge in [-0.05, 0) is 17.7 Å². The number of alkyl halides is 1. The van der Waals surface area contributed by atoms with Crippen molar-refractivity contribution in [1.82, 2.24) is 10.9 Å². The number of halogens is 2. The minimum absolute atomic E-state index is 0.0843. The molecule has 1 aliphatic rings. The lowest BCUT2D eigenvalue weighted by Crippen LogP contribution is -2.39. The van der Waals surface area contributed by atoms with Crippen LogP contribution in [0.4, 0.5) is 0 Å². The summed E-state index contributed by atoms with van der Waals surface area (Å²) in [5, 5.41) is 0.740. The minimum atomic E-state index is -0.0843. The van der Waals surface area contributed by atoms with E-state index in [1.807, 2.05) is 24.3 Å². The number of nitrogens with two attached hydrogens (primary N) is 1. The van der Waals surface area contributed by atoms with Gasteiger partial charge in [-0.1, -0.05) is 39.7 Å². The van der Waals surface area contributed by atoms with Crippen molar-refractivity contribution in [2.45, 2.75) is 17.0 Å². The van der Waals surface area contributed by atoms with Crippen LogP contribution in [0.25, 0.3) is 0 Å². The zero-order valence-electron chi connectivity index (χ0n) is 7.37. The Morgan fingerprint density at radius 3 is 2.71 bits per heavy atom. The standard InChI is InChI=1S/C9H11BrClN3/c10-7-8(13-14-9(7)12)5-2-1-3-6(11)4-5/h1-4,7-9,13-14H,12H2. The lowest BCUT2D eigenvalue weighted by Gasteiger charge is -2.14. The molecule has 1 aliphatic heterocycles. The van der Waals surface area contributed by atoms with E-state index >= 15 is 0 Å². The van der Waals surface area contributed by atoms with Crippen molar-refractivity contribution in [2.75, 3.05) is 0 Å². The van der Waals surface area contributed by atoms with Gasteiger partial charge in [0.2, 0.25) is 0 Å². The van der Waals surface area contributed by atoms with E-state index in [2.05, 4.69) is 26.8 Å². The molecule has 14 heavy (non-hydrogen) atoms. The third-order valence-corrected chi connectivity index (χ3v) is 3.61. The van der Waals surface area contributed by atoms with E-state index in [-0.39, 0.29) is 17.0 Å². The molecule has 4 N–H and O–H groups in total. The molecule has 1 aromatic carbocycles. The van der Waals surface area contributed by atoms with Crippen LogP contribution in [0.2, 0.25) is 5.02 Å². The quantitative estimate of drug-likeness (QED) is 0.682. The monoisotopic (exact) mass is 275 g/mol. The van der Waals surface area contributed by atoms with Crippen LogP contribution in [0.15, 0.2) is 24.3 Å². The molecule has 0 aliphatic carbocycles. The smallest absolute Gasteiger partial charge is 0.0825 e. The second kappa shape index (κ2) is 4.16. The Labute approximate surface area is 96.1 Å². The second-order valence-electron chi connectivity index (χ2n) is 3.29. The molecule has 2 rings (SSSR count). The molecule has 0 radical (unpaired) electrons. The number of benzene rings is 1. The first-order valence-electron chi connectivity index (χ1n) is 4.34. The van der Waals surface area contributed by atoms with Crippen molar-refractivity contribution < 1.29 is 0 Å². The predicted octanol–water partition coefficient (Wildman–Crippen LogP) is 1.54. The van der Waals surface area contributed by atoms with Crippen LogP contribution in [0, 0.1) is 0 Å². The summed E-state index contributed by atoms with van der Waals surface area (Å²) in [6.07, 6.45) is -0.0843. The van der Waals surface area contributed by atoms with Crippen LogP contribution in [-0.2, 0) is 0 Å². The molecule has 3 unspecified atom stereocenters. The van der Waals surface area contributed by atoms with Crippen LogP contribution in [0.1, 0.15) is 11.6 Å². The summed E-state index contributed by atoms with van der Waals surface area (Å²) in [4.78, 5) is 0.168. The van der Waals surface area contributed by atoms with Gasteiger partial charge in [-0.2, -0.15) is 0 Å². The molecule has 76 valence electrons. The number of rotatable bonds is 1. The largest absolute Gasteiger partial charge is 0.314 e. The topological polar surface area (TPSA) is 50.1 Å². The summed E-state index contributed by atoms with van der Waals surface area (Å²) in [7, 11) is 0. The average molecular weight is 277 g/mol. The first-order chi connectivity index (χ1) is 6.68. The molecule has 0 aromatic heterocycles. The van der Waals surface area contributed by atoms with E-state index < -0.39 is 0 Å². The van der Waals surface area contributed by atoms with Crippen molar-refractivity contribution >= 4 is 27.5 Å². The van der Waals surface area contributed by atoms with Crippen LogP contribution < -0.4 is 16.6 Å². The van der Waals surface area contributed by atoms with E-state index in [1.54, 1.807) is 0 Å². The molecular formula is C9H11BrClN3. The normalized spacial score (nSPS) is 32.1. The second-order valence-corrected chi connectivity index (χ2v) is 4.79. The molecule has 0 spiro atoms. The molecule has 0 saturated carbocycles. The maximum Gasteiger partial charge on any atom is 0.0825 e. The summed E-state index contributed by atoms with van der Waals surface area (Å²) in [5.74, 6) is 0. The SMILES string of the molecule is NC1NNC(c2cccc(Cl)c2)C1Br. The highest BCUT2D eigenvalue weighted by molar-refractivity contribution is 9.09. The van der Waals surface area contributed by atoms with Gasteiger partial charge >= 0.3 is 0 Å². The number of hydrogen-bond acceptors (Lipinski definition) is 3. The van der Waals surface area contributed by atoms with Crippen molar-refractivity contribution in [3.8, 4) is 0 Å². The Bertz CT molecular complexity index is 334. The highest BCUT2D eigenvalue weighted by Gasteiger charge is 2.32. The zero-order chi connectivity index (χ0) is 10.1. The van der Waals surface area contributed by atoms with E-state index in [4.69, 9.17) is 17.3 Å². The molecule has 0 amide bonds. The fourth-order valence-electron chi connectivity index (χ4n) is 1.52. The summed E-state index contributed by atoms with van der Waals surface area (Å²) >= 11 is 9.45. The summed E-state index contributed by atoms with van der Waals surface area (Å²) in [6, 6.07) is 7.91. The van der Waals surface area contributed by atoms with E-state index in [0.29, 0.717) is 0 Å². The summed E-state index contributed by atoms with van der Waals surface area (Å²) < 4.78 is 0. The lowest BCUT2D eigenvalue weighted by molar-refractivity contribution is 0.552. The molecule has 1 heterocycles. The molecular weight excluding hydrogens is 265 g/mol. The van der Waals surface area contributed by atoms with Crippen LogP contribution in [0.5, 0.6) is 0 Å². The van der Waals surface area contributed by atoms with E-state index in [9.17, 15) is 0 Å². The predicted molar refractivity (Wildman–Crippen MR) is 61.2 cm³/mol. The molecule has 1 aromatic rings. The highest BCUT2D eigenvalue weighted by atomic mass is 79.9. The molecule has 0 bridgehead atoms. The van der Waals surface area contributed by atoms with Crippen molar-refractivity contribution in [1.29, 1.82) is 0 Å². The molecule has 3 nitrogen and oxygen atoms in total. The summed E-state index contributed by atoms with van der Waals surface area (Å²) in [6.45, 7) is 0. The maximum atomic E-state index is 5.91. The molecule has 5 heteroatoms. The number of hydrazine groups is 1. The van der Waals surface area contributed by atoms with Gasteiger partial charge in [0, 0.05) is 5.02 Å². The van der Waals surface area contributed by atoms with Gasteiger partial charge in [-0.3, -0.25) is 0 Å². The Hall–Kier alpha value is -0.130.